The number of carbonyl (C=O) groups excluding carboxylic acids is 1. The third-order valence-corrected chi connectivity index (χ3v) is 6.56. The third-order valence-electron chi connectivity index (χ3n) is 5.09. The second-order valence-electron chi connectivity index (χ2n) is 7.51. The van der Waals surface area contributed by atoms with Crippen LogP contribution in [-0.4, -0.2) is 26.1 Å². The average molecular weight is 488 g/mol. The van der Waals surface area contributed by atoms with Crippen LogP contribution in [0.4, 0.5) is 14.5 Å². The van der Waals surface area contributed by atoms with E-state index in [1.165, 1.54) is 6.20 Å². The number of aromatic nitrogens is 2. The fourth-order valence-electron chi connectivity index (χ4n) is 3.50. The second-order valence-corrected chi connectivity index (χ2v) is 9.25. The van der Waals surface area contributed by atoms with Crippen molar-refractivity contribution in [3.8, 4) is 0 Å². The molecule has 5 nitrogen and oxygen atoms in total. The lowest BCUT2D eigenvalue weighted by atomic mass is 10.00. The molecule has 9 heteroatoms. The molecule has 1 unspecified atom stereocenters. The van der Waals surface area contributed by atoms with Gasteiger partial charge in [0.2, 0.25) is 5.78 Å². The Balaban J connectivity index is 1.69. The first kappa shape index (κ1) is 23.2. The predicted molar refractivity (Wildman–Crippen MR) is 127 cm³/mol. The number of hydrogen-bond donors (Lipinski definition) is 2. The summed E-state index contributed by atoms with van der Waals surface area (Å²) in [6.07, 6.45) is 4.23. The summed E-state index contributed by atoms with van der Waals surface area (Å²) in [5, 5.41) is 1.09. The minimum Gasteiger partial charge on any atom is -0.593 e. The van der Waals surface area contributed by atoms with Crippen LogP contribution in [0.25, 0.3) is 11.0 Å². The zero-order valence-corrected chi connectivity index (χ0v) is 19.2. The van der Waals surface area contributed by atoms with E-state index in [0.717, 1.165) is 23.3 Å². The van der Waals surface area contributed by atoms with E-state index < -0.39 is 34.3 Å². The van der Waals surface area contributed by atoms with Gasteiger partial charge in [-0.15, -0.1) is 0 Å². The maximum absolute atomic E-state index is 15.1. The molecule has 170 valence electrons. The number of pyridine rings is 1. The third kappa shape index (κ3) is 5.03. The van der Waals surface area contributed by atoms with Gasteiger partial charge in [-0.05, 0) is 54.3 Å². The molecule has 0 spiro atoms. The number of nitrogens with one attached hydrogen (secondary N) is 2. The Bertz CT molecular complexity index is 1310. The Morgan fingerprint density at radius 2 is 1.94 bits per heavy atom. The van der Waals surface area contributed by atoms with E-state index in [1.54, 1.807) is 24.4 Å². The lowest BCUT2D eigenvalue weighted by Crippen LogP contribution is -2.18. The number of ketones is 1. The lowest BCUT2D eigenvalue weighted by molar-refractivity contribution is 0.103. The molecule has 0 aliphatic carbocycles. The van der Waals surface area contributed by atoms with Crippen LogP contribution in [0.1, 0.15) is 40.4 Å². The van der Waals surface area contributed by atoms with Gasteiger partial charge in [0, 0.05) is 28.4 Å². The van der Waals surface area contributed by atoms with Crippen LogP contribution in [0.2, 0.25) is 5.02 Å². The molecule has 0 saturated heterocycles. The molecule has 2 heterocycles. The smallest absolute Gasteiger partial charge is 0.201 e. The molecule has 0 fully saturated rings. The molecule has 2 N–H and O–H groups in total. The van der Waals surface area contributed by atoms with Crippen molar-refractivity contribution in [2.24, 2.45) is 0 Å². The number of nitrogens with zero attached hydrogens (tertiary/aromatic N) is 1. The van der Waals surface area contributed by atoms with E-state index in [4.69, 9.17) is 11.6 Å². The van der Waals surface area contributed by atoms with Crippen molar-refractivity contribution in [3.05, 3.63) is 93.8 Å². The predicted octanol–water partition coefficient (Wildman–Crippen LogP) is 5.80. The number of aromatic amines is 1. The normalized spacial score (nSPS) is 12.2. The van der Waals surface area contributed by atoms with Crippen molar-refractivity contribution >= 4 is 45.5 Å². The monoisotopic (exact) mass is 487 g/mol. The van der Waals surface area contributed by atoms with Gasteiger partial charge in [0.15, 0.2) is 5.82 Å². The Morgan fingerprint density at radius 1 is 1.18 bits per heavy atom. The summed E-state index contributed by atoms with van der Waals surface area (Å²) in [7, 11) is 0. The van der Waals surface area contributed by atoms with E-state index in [-0.39, 0.29) is 11.3 Å². The number of rotatable bonds is 8. The molecule has 0 amide bonds. The molecule has 2 aromatic heterocycles. The number of H-pyrrole nitrogens is 1. The number of hydrogen-bond acceptors (Lipinski definition) is 4. The van der Waals surface area contributed by atoms with Crippen LogP contribution >= 0.6 is 11.6 Å². The zero-order chi connectivity index (χ0) is 23.5. The van der Waals surface area contributed by atoms with Gasteiger partial charge >= 0.3 is 0 Å². The minimum atomic E-state index is -1.54. The minimum absolute atomic E-state index is 0.0973. The molecule has 33 heavy (non-hydrogen) atoms. The van der Waals surface area contributed by atoms with Gasteiger partial charge in [-0.3, -0.25) is 4.79 Å². The zero-order valence-electron chi connectivity index (χ0n) is 17.6. The molecular weight excluding hydrogens is 468 g/mol. The molecule has 4 aromatic rings. The van der Waals surface area contributed by atoms with E-state index in [9.17, 15) is 13.7 Å². The highest BCUT2D eigenvalue weighted by molar-refractivity contribution is 7.92. The number of halogens is 3. The van der Waals surface area contributed by atoms with Crippen molar-refractivity contribution in [1.82, 2.24) is 9.97 Å². The highest BCUT2D eigenvalue weighted by Gasteiger charge is 2.25. The summed E-state index contributed by atoms with van der Waals surface area (Å²) in [5.41, 5.74) is 1.45. The number of carbonyl (C=O) groups is 1. The topological polar surface area (TPSA) is 80.8 Å². The average Bonchev–Trinajstić information content (AvgIpc) is 3.21. The van der Waals surface area contributed by atoms with E-state index in [0.29, 0.717) is 34.7 Å². The van der Waals surface area contributed by atoms with Crippen molar-refractivity contribution in [3.63, 3.8) is 0 Å². The molecule has 1 atom stereocenters. The molecule has 0 aliphatic rings. The van der Waals surface area contributed by atoms with Gasteiger partial charge < -0.3 is 9.54 Å². The molecule has 0 radical (unpaired) electrons. The fraction of sp³-hybridized carbons (Fsp3) is 0.167. The number of fused-ring (bicyclic) bond motifs is 1. The summed E-state index contributed by atoms with van der Waals surface area (Å²) >= 11 is 4.39. The van der Waals surface area contributed by atoms with Gasteiger partial charge in [-0.2, -0.15) is 0 Å². The maximum atomic E-state index is 15.1. The van der Waals surface area contributed by atoms with E-state index >= 15 is 4.39 Å². The van der Waals surface area contributed by atoms with Gasteiger partial charge in [0.1, 0.15) is 22.9 Å². The first-order chi connectivity index (χ1) is 15.9. The maximum Gasteiger partial charge on any atom is 0.201 e. The van der Waals surface area contributed by atoms with Crippen molar-refractivity contribution in [1.29, 1.82) is 0 Å². The second kappa shape index (κ2) is 9.91. The van der Waals surface area contributed by atoms with Crippen molar-refractivity contribution < 1.29 is 18.1 Å². The quantitative estimate of drug-likeness (QED) is 0.243. The summed E-state index contributed by atoms with van der Waals surface area (Å²) < 4.78 is 44.1. The Hall–Kier alpha value is -2.94. The van der Waals surface area contributed by atoms with Crippen LogP contribution in [0.5, 0.6) is 0 Å². The Kier molecular flexibility index (Phi) is 6.97. The summed E-state index contributed by atoms with van der Waals surface area (Å²) in [5.74, 6) is -2.61. The van der Waals surface area contributed by atoms with Crippen molar-refractivity contribution in [2.45, 2.75) is 19.8 Å². The molecule has 2 aromatic carbocycles. The van der Waals surface area contributed by atoms with Crippen LogP contribution in [0.15, 0.2) is 54.9 Å². The molecular formula is C24H20ClF2N3O2S. The highest BCUT2D eigenvalue weighted by Crippen LogP contribution is 2.28. The highest BCUT2D eigenvalue weighted by atomic mass is 35.5. The van der Waals surface area contributed by atoms with Gasteiger partial charge in [0.05, 0.1) is 16.9 Å². The Labute approximate surface area is 197 Å². The van der Waals surface area contributed by atoms with Gasteiger partial charge in [-0.1, -0.05) is 30.7 Å². The molecule has 0 saturated carbocycles. The molecule has 0 aliphatic heterocycles. The first-order valence-electron chi connectivity index (χ1n) is 10.3. The molecule has 0 bridgehead atoms. The van der Waals surface area contributed by atoms with E-state index in [2.05, 4.69) is 14.7 Å². The molecule has 4 rings (SSSR count). The number of benzene rings is 2. The fourth-order valence-corrected chi connectivity index (χ4v) is 4.50. The lowest BCUT2D eigenvalue weighted by Gasteiger charge is -2.13. The van der Waals surface area contributed by atoms with Crippen LogP contribution < -0.4 is 4.72 Å². The van der Waals surface area contributed by atoms with Crippen LogP contribution in [0, 0.1) is 11.6 Å². The first-order valence-corrected chi connectivity index (χ1v) is 11.9. The Morgan fingerprint density at radius 3 is 2.67 bits per heavy atom. The standard InChI is InChI=1S/C24H20ClF2N3O2S/c1-2-9-33(32)30-20-8-7-19(26)21(22(20)27)23(31)18-13-29-24-17(18)11-15(12-28-24)10-14-3-5-16(25)6-4-14/h3-8,11-13,30H,2,9-10H2,1H3,(H,28,29). The van der Waals surface area contributed by atoms with Gasteiger partial charge in [-0.25, -0.2) is 18.5 Å². The van der Waals surface area contributed by atoms with Gasteiger partial charge in [0.25, 0.3) is 0 Å². The summed E-state index contributed by atoms with van der Waals surface area (Å²) in [4.78, 5) is 20.4. The van der Waals surface area contributed by atoms with Crippen molar-refractivity contribution in [2.75, 3.05) is 10.5 Å². The summed E-state index contributed by atoms with van der Waals surface area (Å²) in [6.45, 7) is 1.84. The summed E-state index contributed by atoms with van der Waals surface area (Å²) in [6, 6.07) is 11.2. The SMILES string of the molecule is CCC[S+]([O-])Nc1ccc(F)c(C(=O)c2c[nH]c3ncc(Cc4ccc(Cl)cc4)cc23)c1F. The number of anilines is 1. The van der Waals surface area contributed by atoms with Crippen LogP contribution in [-0.2, 0) is 17.8 Å². The van der Waals surface area contributed by atoms with Crippen LogP contribution in [0.3, 0.4) is 0 Å². The largest absolute Gasteiger partial charge is 0.593 e. The van der Waals surface area contributed by atoms with E-state index in [1.807, 2.05) is 19.1 Å².